The highest BCUT2D eigenvalue weighted by atomic mass is 32.2. The van der Waals surface area contributed by atoms with Gasteiger partial charge in [0.05, 0.1) is 11.4 Å². The highest BCUT2D eigenvalue weighted by Gasteiger charge is 2.12. The largest absolute Gasteiger partial charge is 0.343 e. The van der Waals surface area contributed by atoms with Crippen molar-refractivity contribution in [1.29, 1.82) is 0 Å². The predicted molar refractivity (Wildman–Crippen MR) is 114 cm³/mol. The van der Waals surface area contributed by atoms with Gasteiger partial charge < -0.3 is 5.32 Å². The Balaban J connectivity index is 1.62. The van der Waals surface area contributed by atoms with Crippen molar-refractivity contribution in [2.75, 3.05) is 11.1 Å². The van der Waals surface area contributed by atoms with Gasteiger partial charge in [-0.1, -0.05) is 67.2 Å². The first-order chi connectivity index (χ1) is 13.7. The lowest BCUT2D eigenvalue weighted by molar-refractivity contribution is -0.113. The molecule has 0 fully saturated rings. The van der Waals surface area contributed by atoms with Crippen LogP contribution < -0.4 is 11.0 Å². The quantitative estimate of drug-likeness (QED) is 0.512. The number of amides is 1. The molecule has 6 nitrogen and oxygen atoms in total. The molecule has 146 valence electrons. The van der Waals surface area contributed by atoms with Crippen molar-refractivity contribution in [2.24, 2.45) is 0 Å². The Kier molecular flexibility index (Phi) is 7.39. The lowest BCUT2D eigenvalue weighted by Gasteiger charge is -2.11. The van der Waals surface area contributed by atoms with Gasteiger partial charge in [-0.05, 0) is 30.7 Å². The lowest BCUT2D eigenvalue weighted by atomic mass is 10.3. The number of rotatable bonds is 9. The number of aromatic amines is 1. The molecule has 0 unspecified atom stereocenters. The summed E-state index contributed by atoms with van der Waals surface area (Å²) in [5, 5.41) is 9.99. The first-order valence-corrected chi connectivity index (χ1v) is 10.9. The van der Waals surface area contributed by atoms with E-state index < -0.39 is 0 Å². The highest BCUT2D eigenvalue weighted by molar-refractivity contribution is 8.00. The number of nitrogens with zero attached hydrogens (tertiary/aromatic N) is 2. The van der Waals surface area contributed by atoms with Crippen LogP contribution in [0.4, 0.5) is 5.69 Å². The number of unbranched alkanes of at least 4 members (excludes halogenated alkanes) is 1. The van der Waals surface area contributed by atoms with E-state index in [9.17, 15) is 9.59 Å². The summed E-state index contributed by atoms with van der Waals surface area (Å²) in [6, 6.07) is 17.7. The fraction of sp³-hybridized carbons (Fsp3) is 0.250. The predicted octanol–water partition coefficient (Wildman–Crippen LogP) is 4.25. The molecule has 1 heterocycles. The summed E-state index contributed by atoms with van der Waals surface area (Å²) in [6.45, 7) is 2.67. The van der Waals surface area contributed by atoms with Crippen LogP contribution >= 0.6 is 23.5 Å². The Morgan fingerprint density at radius 1 is 1.14 bits per heavy atom. The summed E-state index contributed by atoms with van der Waals surface area (Å²) < 4.78 is 1.58. The van der Waals surface area contributed by atoms with Gasteiger partial charge >= 0.3 is 5.69 Å². The first-order valence-electron chi connectivity index (χ1n) is 9.07. The van der Waals surface area contributed by atoms with Crippen LogP contribution in [0.15, 0.2) is 74.3 Å². The summed E-state index contributed by atoms with van der Waals surface area (Å²) in [6.07, 6.45) is 1.88. The van der Waals surface area contributed by atoms with Gasteiger partial charge in [-0.3, -0.25) is 9.36 Å². The number of carbonyl (C=O) groups is 1. The third-order valence-electron chi connectivity index (χ3n) is 3.92. The molecule has 0 atom stereocenters. The zero-order chi connectivity index (χ0) is 19.8. The molecule has 1 amide bonds. The van der Waals surface area contributed by atoms with E-state index in [1.54, 1.807) is 16.3 Å². The lowest BCUT2D eigenvalue weighted by Crippen LogP contribution is -2.19. The minimum absolute atomic E-state index is 0.136. The molecule has 0 aliphatic rings. The van der Waals surface area contributed by atoms with Crippen LogP contribution in [0, 0.1) is 0 Å². The molecule has 8 heteroatoms. The summed E-state index contributed by atoms with van der Waals surface area (Å²) in [5.74, 6) is 0.0458. The molecule has 2 N–H and O–H groups in total. The molecule has 2 aromatic carbocycles. The van der Waals surface area contributed by atoms with Gasteiger partial charge in [0.2, 0.25) is 5.91 Å². The minimum atomic E-state index is -0.235. The van der Waals surface area contributed by atoms with Crippen LogP contribution in [-0.2, 0) is 11.3 Å². The number of anilines is 1. The van der Waals surface area contributed by atoms with Gasteiger partial charge in [-0.15, -0.1) is 5.10 Å². The monoisotopic (exact) mass is 414 g/mol. The van der Waals surface area contributed by atoms with Crippen LogP contribution in [0.1, 0.15) is 19.8 Å². The number of thioether (sulfide) groups is 1. The van der Waals surface area contributed by atoms with Crippen molar-refractivity contribution in [2.45, 2.75) is 41.3 Å². The number of aromatic nitrogens is 3. The zero-order valence-electron chi connectivity index (χ0n) is 15.6. The van der Waals surface area contributed by atoms with E-state index in [-0.39, 0.29) is 17.3 Å². The van der Waals surface area contributed by atoms with Crippen molar-refractivity contribution in [3.63, 3.8) is 0 Å². The van der Waals surface area contributed by atoms with E-state index in [1.807, 2.05) is 54.6 Å². The molecule has 1 aromatic heterocycles. The number of nitrogens with one attached hydrogen (secondary N) is 2. The van der Waals surface area contributed by atoms with Gasteiger partial charge in [0.1, 0.15) is 0 Å². The number of para-hydroxylation sites is 1. The average molecular weight is 415 g/mol. The second-order valence-electron chi connectivity index (χ2n) is 6.06. The molecule has 0 radical (unpaired) electrons. The maximum absolute atomic E-state index is 12.5. The van der Waals surface area contributed by atoms with E-state index in [0.29, 0.717) is 11.7 Å². The van der Waals surface area contributed by atoms with Gasteiger partial charge in [0, 0.05) is 16.3 Å². The maximum Gasteiger partial charge on any atom is 0.343 e. The maximum atomic E-state index is 12.5. The summed E-state index contributed by atoms with van der Waals surface area (Å²) in [4.78, 5) is 26.4. The molecule has 0 spiro atoms. The number of carbonyl (C=O) groups excluding carboxylic acids is 1. The smallest absolute Gasteiger partial charge is 0.324 e. The highest BCUT2D eigenvalue weighted by Crippen LogP contribution is 2.33. The summed E-state index contributed by atoms with van der Waals surface area (Å²) in [7, 11) is 0. The molecular weight excluding hydrogens is 392 g/mol. The van der Waals surface area contributed by atoms with Crippen molar-refractivity contribution < 1.29 is 4.79 Å². The van der Waals surface area contributed by atoms with Crippen molar-refractivity contribution in [3.05, 3.63) is 65.1 Å². The summed E-state index contributed by atoms with van der Waals surface area (Å²) >= 11 is 2.86. The number of benzene rings is 2. The van der Waals surface area contributed by atoms with E-state index in [2.05, 4.69) is 22.4 Å². The normalized spacial score (nSPS) is 10.8. The van der Waals surface area contributed by atoms with Gasteiger partial charge in [-0.2, -0.15) is 0 Å². The Hall–Kier alpha value is -2.45. The van der Waals surface area contributed by atoms with Gasteiger partial charge in [0.25, 0.3) is 0 Å². The molecule has 0 saturated carbocycles. The first kappa shape index (κ1) is 20.3. The van der Waals surface area contributed by atoms with Crippen molar-refractivity contribution in [3.8, 4) is 0 Å². The molecule has 0 aliphatic heterocycles. The van der Waals surface area contributed by atoms with Crippen LogP contribution in [0.25, 0.3) is 0 Å². The van der Waals surface area contributed by atoms with E-state index >= 15 is 0 Å². The molecule has 3 aromatic rings. The van der Waals surface area contributed by atoms with Crippen LogP contribution in [0.2, 0.25) is 0 Å². The van der Waals surface area contributed by atoms with E-state index in [1.165, 1.54) is 11.8 Å². The number of hydrogen-bond donors (Lipinski definition) is 2. The molecule has 3 rings (SSSR count). The molecule has 0 bridgehead atoms. The van der Waals surface area contributed by atoms with E-state index in [0.717, 1.165) is 28.3 Å². The van der Waals surface area contributed by atoms with Crippen LogP contribution in [-0.4, -0.2) is 26.4 Å². The Morgan fingerprint density at radius 3 is 2.68 bits per heavy atom. The fourth-order valence-corrected chi connectivity index (χ4v) is 4.21. The molecular formula is C20H22N4O2S2. The fourth-order valence-electron chi connectivity index (χ4n) is 2.52. The second kappa shape index (κ2) is 10.2. The van der Waals surface area contributed by atoms with Gasteiger partial charge in [-0.25, -0.2) is 9.89 Å². The molecule has 0 saturated heterocycles. The Morgan fingerprint density at radius 2 is 1.89 bits per heavy atom. The van der Waals surface area contributed by atoms with Crippen LogP contribution in [0.3, 0.4) is 0 Å². The third-order valence-corrected chi connectivity index (χ3v) is 5.98. The van der Waals surface area contributed by atoms with Gasteiger partial charge in [0.15, 0.2) is 5.16 Å². The van der Waals surface area contributed by atoms with E-state index in [4.69, 9.17) is 0 Å². The van der Waals surface area contributed by atoms with Crippen molar-refractivity contribution >= 4 is 35.1 Å². The second-order valence-corrected chi connectivity index (χ2v) is 8.12. The Labute approximate surface area is 172 Å². The number of H-pyrrole nitrogens is 1. The molecule has 0 aliphatic carbocycles. The van der Waals surface area contributed by atoms with Crippen molar-refractivity contribution in [1.82, 2.24) is 14.8 Å². The summed E-state index contributed by atoms with van der Waals surface area (Å²) in [5.41, 5.74) is 0.535. The average Bonchev–Trinajstić information content (AvgIpc) is 3.06. The minimum Gasteiger partial charge on any atom is -0.324 e. The topological polar surface area (TPSA) is 79.8 Å². The molecule has 28 heavy (non-hydrogen) atoms. The number of hydrogen-bond acceptors (Lipinski definition) is 5. The standard InChI is InChI=1S/C20H22N4O2S2/c1-2-3-13-24-19(26)22-23-20(24)27-14-18(25)21-16-11-7-8-12-17(16)28-15-9-5-4-6-10-15/h4-12H,2-3,13-14H2,1H3,(H,21,25)(H,22,26). The third kappa shape index (κ3) is 5.53. The van der Waals surface area contributed by atoms with Crippen LogP contribution in [0.5, 0.6) is 0 Å². The zero-order valence-corrected chi connectivity index (χ0v) is 17.2. The SMILES string of the molecule is CCCCn1c(SCC(=O)Nc2ccccc2Sc2ccccc2)n[nH]c1=O. The Bertz CT molecular complexity index is 970.